The van der Waals surface area contributed by atoms with E-state index in [4.69, 9.17) is 4.74 Å². The van der Waals surface area contributed by atoms with Gasteiger partial charge in [-0.3, -0.25) is 14.5 Å². The summed E-state index contributed by atoms with van der Waals surface area (Å²) in [6, 6.07) is 5.65. The summed E-state index contributed by atoms with van der Waals surface area (Å²) in [7, 11) is 1.85. The van der Waals surface area contributed by atoms with E-state index in [1.807, 2.05) is 25.2 Å². The number of nitrogens with zero attached hydrogens (tertiary/aromatic N) is 6. The maximum atomic E-state index is 11.3. The molecule has 0 saturated heterocycles. The Kier molecular flexibility index (Phi) is 6.72. The smallest absolute Gasteiger partial charge is 0.306 e. The minimum atomic E-state index is -0.744. The quantitative estimate of drug-likeness (QED) is 0.572. The summed E-state index contributed by atoms with van der Waals surface area (Å²) in [5, 5.41) is 17.7. The molecule has 1 aliphatic carbocycles. The van der Waals surface area contributed by atoms with Gasteiger partial charge in [0, 0.05) is 18.9 Å². The van der Waals surface area contributed by atoms with Crippen LogP contribution in [0.15, 0.2) is 30.6 Å². The second-order valence-corrected chi connectivity index (χ2v) is 8.22. The fourth-order valence-electron chi connectivity index (χ4n) is 4.10. The Morgan fingerprint density at radius 1 is 1.25 bits per heavy atom. The highest BCUT2D eigenvalue weighted by Crippen LogP contribution is 2.29. The highest BCUT2D eigenvalue weighted by molar-refractivity contribution is 5.70. The minimum Gasteiger partial charge on any atom is -0.489 e. The van der Waals surface area contributed by atoms with Gasteiger partial charge in [0.2, 0.25) is 0 Å². The zero-order valence-corrected chi connectivity index (χ0v) is 18.4. The van der Waals surface area contributed by atoms with Crippen LogP contribution in [0.1, 0.15) is 56.2 Å². The zero-order chi connectivity index (χ0) is 22.5. The molecule has 9 heteroatoms. The van der Waals surface area contributed by atoms with Gasteiger partial charge < -0.3 is 9.84 Å². The molecule has 0 radical (unpaired) electrons. The predicted molar refractivity (Wildman–Crippen MR) is 117 cm³/mol. The van der Waals surface area contributed by atoms with Gasteiger partial charge in [-0.15, -0.1) is 5.10 Å². The SMILES string of the molecule is CCCc1ccnc(Cc2c(-c3ccc(O[C@H]4CCC[C@H](C(=O)O)C4)cn3)nnn2C)n1. The molecular weight excluding hydrogens is 408 g/mol. The lowest BCUT2D eigenvalue weighted by molar-refractivity contribution is -0.143. The van der Waals surface area contributed by atoms with Crippen molar-refractivity contribution < 1.29 is 14.6 Å². The van der Waals surface area contributed by atoms with Gasteiger partial charge in [0.05, 0.1) is 36.0 Å². The van der Waals surface area contributed by atoms with Crippen LogP contribution in [0.2, 0.25) is 0 Å². The van der Waals surface area contributed by atoms with Gasteiger partial charge in [0.1, 0.15) is 17.3 Å². The summed E-state index contributed by atoms with van der Waals surface area (Å²) in [5.41, 5.74) is 3.29. The van der Waals surface area contributed by atoms with Crippen LogP contribution in [0.3, 0.4) is 0 Å². The van der Waals surface area contributed by atoms with E-state index in [1.54, 1.807) is 17.1 Å². The number of aromatic nitrogens is 6. The van der Waals surface area contributed by atoms with Crippen LogP contribution in [0.5, 0.6) is 5.75 Å². The van der Waals surface area contributed by atoms with Gasteiger partial charge >= 0.3 is 5.97 Å². The lowest BCUT2D eigenvalue weighted by atomic mass is 9.87. The first-order valence-electron chi connectivity index (χ1n) is 11.1. The third-order valence-electron chi connectivity index (χ3n) is 5.79. The maximum absolute atomic E-state index is 11.3. The number of aliphatic carboxylic acids is 1. The fraction of sp³-hybridized carbons (Fsp3) is 0.478. The van der Waals surface area contributed by atoms with E-state index in [9.17, 15) is 9.90 Å². The molecule has 2 atom stereocenters. The van der Waals surface area contributed by atoms with E-state index in [0.717, 1.165) is 42.9 Å². The first-order valence-corrected chi connectivity index (χ1v) is 11.1. The molecule has 0 bridgehead atoms. The van der Waals surface area contributed by atoms with Crippen molar-refractivity contribution in [1.29, 1.82) is 0 Å². The third kappa shape index (κ3) is 5.09. The molecule has 168 valence electrons. The molecule has 3 heterocycles. The molecule has 9 nitrogen and oxygen atoms in total. The molecule has 3 aromatic rings. The molecule has 32 heavy (non-hydrogen) atoms. The number of carboxylic acid groups (broad SMARTS) is 1. The Balaban J connectivity index is 1.48. The van der Waals surface area contributed by atoms with Crippen molar-refractivity contribution in [3.63, 3.8) is 0 Å². The average molecular weight is 437 g/mol. The maximum Gasteiger partial charge on any atom is 0.306 e. The summed E-state index contributed by atoms with van der Waals surface area (Å²) in [6.07, 6.45) is 8.78. The molecule has 0 amide bonds. The van der Waals surface area contributed by atoms with E-state index in [0.29, 0.717) is 36.4 Å². The topological polar surface area (TPSA) is 116 Å². The standard InChI is InChI=1S/C23H28N6O3/c1-3-5-16-10-11-24-21(26-16)13-20-22(27-28-29(20)2)19-9-8-18(14-25-19)32-17-7-4-6-15(12-17)23(30)31/h8-11,14-15,17H,3-7,12-13H2,1-2H3,(H,30,31)/t15-,17-/m0/s1. The Bertz CT molecular complexity index is 1070. The van der Waals surface area contributed by atoms with Crippen molar-refractivity contribution in [2.24, 2.45) is 13.0 Å². The van der Waals surface area contributed by atoms with Crippen LogP contribution in [0.4, 0.5) is 0 Å². The van der Waals surface area contributed by atoms with E-state index < -0.39 is 5.97 Å². The van der Waals surface area contributed by atoms with Crippen LogP contribution >= 0.6 is 0 Å². The summed E-state index contributed by atoms with van der Waals surface area (Å²) in [6.45, 7) is 2.13. The fourth-order valence-corrected chi connectivity index (χ4v) is 4.10. The normalized spacial score (nSPS) is 18.4. The highest BCUT2D eigenvalue weighted by atomic mass is 16.5. The Morgan fingerprint density at radius 2 is 2.12 bits per heavy atom. The van der Waals surface area contributed by atoms with Crippen LogP contribution in [-0.2, 0) is 24.7 Å². The number of carboxylic acids is 1. The molecule has 0 aromatic carbocycles. The largest absolute Gasteiger partial charge is 0.489 e. The molecule has 1 aliphatic rings. The number of carbonyl (C=O) groups is 1. The molecule has 4 rings (SSSR count). The number of pyridine rings is 1. The zero-order valence-electron chi connectivity index (χ0n) is 18.4. The first kappa shape index (κ1) is 21.9. The molecule has 1 saturated carbocycles. The monoisotopic (exact) mass is 436 g/mol. The Labute approximate surface area is 186 Å². The van der Waals surface area contributed by atoms with Crippen molar-refractivity contribution in [3.8, 4) is 17.1 Å². The Hall–Kier alpha value is -3.36. The van der Waals surface area contributed by atoms with Crippen molar-refractivity contribution in [1.82, 2.24) is 29.9 Å². The van der Waals surface area contributed by atoms with Crippen molar-refractivity contribution in [2.45, 2.75) is 58.0 Å². The number of aryl methyl sites for hydroxylation is 2. The van der Waals surface area contributed by atoms with E-state index >= 15 is 0 Å². The van der Waals surface area contributed by atoms with Crippen molar-refractivity contribution in [2.75, 3.05) is 0 Å². The van der Waals surface area contributed by atoms with Gasteiger partial charge in [0.25, 0.3) is 0 Å². The molecular formula is C23H28N6O3. The van der Waals surface area contributed by atoms with Crippen molar-refractivity contribution in [3.05, 3.63) is 47.8 Å². The van der Waals surface area contributed by atoms with E-state index in [-0.39, 0.29) is 12.0 Å². The predicted octanol–water partition coefficient (Wildman–Crippen LogP) is 3.23. The van der Waals surface area contributed by atoms with E-state index in [2.05, 4.69) is 32.2 Å². The number of ether oxygens (including phenoxy) is 1. The van der Waals surface area contributed by atoms with Crippen LogP contribution in [-0.4, -0.2) is 47.1 Å². The van der Waals surface area contributed by atoms with Gasteiger partial charge in [-0.2, -0.15) is 0 Å². The van der Waals surface area contributed by atoms with Crippen molar-refractivity contribution >= 4 is 5.97 Å². The van der Waals surface area contributed by atoms with E-state index in [1.165, 1.54) is 0 Å². The summed E-state index contributed by atoms with van der Waals surface area (Å²) >= 11 is 0. The minimum absolute atomic E-state index is 0.0999. The number of hydrogen-bond acceptors (Lipinski definition) is 7. The summed E-state index contributed by atoms with van der Waals surface area (Å²) < 4.78 is 7.73. The summed E-state index contributed by atoms with van der Waals surface area (Å²) in [4.78, 5) is 24.9. The highest BCUT2D eigenvalue weighted by Gasteiger charge is 2.28. The van der Waals surface area contributed by atoms with Gasteiger partial charge in [-0.05, 0) is 50.3 Å². The lowest BCUT2D eigenvalue weighted by Gasteiger charge is -2.27. The molecule has 3 aromatic heterocycles. The van der Waals surface area contributed by atoms with Crippen LogP contribution in [0.25, 0.3) is 11.4 Å². The lowest BCUT2D eigenvalue weighted by Crippen LogP contribution is -2.29. The molecule has 0 spiro atoms. The van der Waals surface area contributed by atoms with Crippen LogP contribution in [0, 0.1) is 5.92 Å². The number of rotatable bonds is 8. The summed E-state index contributed by atoms with van der Waals surface area (Å²) in [5.74, 6) is 0.283. The second kappa shape index (κ2) is 9.84. The molecule has 1 N–H and O–H groups in total. The first-order chi connectivity index (χ1) is 15.5. The van der Waals surface area contributed by atoms with Gasteiger partial charge in [-0.1, -0.05) is 18.6 Å². The van der Waals surface area contributed by atoms with Gasteiger partial charge in [-0.25, -0.2) is 9.97 Å². The van der Waals surface area contributed by atoms with Gasteiger partial charge in [0.15, 0.2) is 0 Å². The average Bonchev–Trinajstić information content (AvgIpc) is 3.15. The Morgan fingerprint density at radius 3 is 2.88 bits per heavy atom. The van der Waals surface area contributed by atoms with Crippen LogP contribution < -0.4 is 4.74 Å². The molecule has 0 unspecified atom stereocenters. The molecule has 1 fully saturated rings. The second-order valence-electron chi connectivity index (χ2n) is 8.22. The number of hydrogen-bond donors (Lipinski definition) is 1. The third-order valence-corrected chi connectivity index (χ3v) is 5.79. The molecule has 0 aliphatic heterocycles.